The highest BCUT2D eigenvalue weighted by atomic mass is 35.5. The molecule has 1 aliphatic rings. The van der Waals surface area contributed by atoms with E-state index in [1.165, 1.54) is 0 Å². The lowest BCUT2D eigenvalue weighted by atomic mass is 9.93. The van der Waals surface area contributed by atoms with E-state index in [-0.39, 0.29) is 12.6 Å². The number of rotatable bonds is 10. The van der Waals surface area contributed by atoms with Crippen LogP contribution in [0.2, 0.25) is 5.02 Å². The minimum Gasteiger partial charge on any atom is -0.490 e. The van der Waals surface area contributed by atoms with Gasteiger partial charge in [0.2, 0.25) is 0 Å². The molecule has 0 spiro atoms. The minimum absolute atomic E-state index is 0.285. The average molecular weight is 441 g/mol. The summed E-state index contributed by atoms with van der Waals surface area (Å²) in [5.41, 5.74) is 2.02. The molecule has 0 amide bonds. The van der Waals surface area contributed by atoms with Crippen molar-refractivity contribution in [3.8, 4) is 11.5 Å². The van der Waals surface area contributed by atoms with E-state index < -0.39 is 6.04 Å². The van der Waals surface area contributed by atoms with E-state index in [1.807, 2.05) is 26.8 Å². The Hall–Kier alpha value is -1.99. The molecule has 0 bridgehead atoms. The smallest absolute Gasteiger partial charge is 0.338 e. The van der Waals surface area contributed by atoms with Gasteiger partial charge in [-0.2, -0.15) is 0 Å². The lowest BCUT2D eigenvalue weighted by molar-refractivity contribution is -0.139. The SMILES string of the molecule is CCCOc1c(Cl)cc(C2NC(=S)NC(CCC)=C2C(=O)OCC)cc1OCC. The van der Waals surface area contributed by atoms with Crippen LogP contribution < -0.4 is 20.1 Å². The van der Waals surface area contributed by atoms with Crippen molar-refractivity contribution in [1.29, 1.82) is 0 Å². The summed E-state index contributed by atoms with van der Waals surface area (Å²) in [5, 5.41) is 7.16. The predicted molar refractivity (Wildman–Crippen MR) is 119 cm³/mol. The number of halogens is 1. The zero-order valence-electron chi connectivity index (χ0n) is 17.4. The number of ether oxygens (including phenoxy) is 3. The molecule has 1 aliphatic heterocycles. The van der Waals surface area contributed by atoms with Crippen molar-refractivity contribution in [2.45, 2.75) is 53.0 Å². The molecule has 8 heteroatoms. The van der Waals surface area contributed by atoms with Crippen LogP contribution in [-0.2, 0) is 9.53 Å². The Balaban J connectivity index is 2.57. The van der Waals surface area contributed by atoms with Gasteiger partial charge in [-0.1, -0.05) is 31.9 Å². The number of nitrogens with one attached hydrogen (secondary N) is 2. The summed E-state index contributed by atoms with van der Waals surface area (Å²) >= 11 is 11.9. The van der Waals surface area contributed by atoms with Crippen LogP contribution in [0.5, 0.6) is 11.5 Å². The van der Waals surface area contributed by atoms with Crippen LogP contribution in [0.25, 0.3) is 0 Å². The maximum Gasteiger partial charge on any atom is 0.338 e. The molecule has 1 unspecified atom stereocenters. The Labute approximate surface area is 182 Å². The van der Waals surface area contributed by atoms with Crippen LogP contribution in [0.4, 0.5) is 0 Å². The van der Waals surface area contributed by atoms with Crippen molar-refractivity contribution in [2.24, 2.45) is 0 Å². The van der Waals surface area contributed by atoms with Crippen LogP contribution in [0.15, 0.2) is 23.4 Å². The van der Waals surface area contributed by atoms with E-state index in [2.05, 4.69) is 10.6 Å². The molecule has 0 radical (unpaired) electrons. The average Bonchev–Trinajstić information content (AvgIpc) is 2.67. The topological polar surface area (TPSA) is 68.8 Å². The molecule has 1 atom stereocenters. The summed E-state index contributed by atoms with van der Waals surface area (Å²) in [6.07, 6.45) is 2.38. The van der Waals surface area contributed by atoms with Gasteiger partial charge in [-0.05, 0) is 56.6 Å². The number of allylic oxidation sites excluding steroid dienone is 1. The summed E-state index contributed by atoms with van der Waals surface area (Å²) in [6, 6.07) is 3.12. The second-order valence-electron chi connectivity index (χ2n) is 6.51. The number of esters is 1. The predicted octanol–water partition coefficient (Wildman–Crippen LogP) is 4.66. The van der Waals surface area contributed by atoms with Gasteiger partial charge in [0, 0.05) is 5.70 Å². The number of benzene rings is 1. The van der Waals surface area contributed by atoms with Gasteiger partial charge in [-0.15, -0.1) is 0 Å². The number of carbonyl (C=O) groups excluding carboxylic acids is 1. The van der Waals surface area contributed by atoms with Gasteiger partial charge in [0.05, 0.1) is 36.5 Å². The summed E-state index contributed by atoms with van der Waals surface area (Å²) in [7, 11) is 0. The molecule has 0 saturated heterocycles. The summed E-state index contributed by atoms with van der Waals surface area (Å²) < 4.78 is 16.9. The van der Waals surface area contributed by atoms with Gasteiger partial charge in [-0.25, -0.2) is 4.79 Å². The molecule has 0 aromatic heterocycles. The third-order valence-corrected chi connectivity index (χ3v) is 4.77. The Bertz CT molecular complexity index is 782. The lowest BCUT2D eigenvalue weighted by Gasteiger charge is -2.31. The van der Waals surface area contributed by atoms with E-state index >= 15 is 0 Å². The first-order valence-corrected chi connectivity index (χ1v) is 10.8. The fourth-order valence-electron chi connectivity index (χ4n) is 3.13. The quantitative estimate of drug-likeness (QED) is 0.405. The van der Waals surface area contributed by atoms with Crippen molar-refractivity contribution < 1.29 is 19.0 Å². The molecule has 2 N–H and O–H groups in total. The van der Waals surface area contributed by atoms with E-state index in [0.29, 0.717) is 46.8 Å². The van der Waals surface area contributed by atoms with Crippen molar-refractivity contribution in [3.05, 3.63) is 34.0 Å². The van der Waals surface area contributed by atoms with Crippen molar-refractivity contribution >= 4 is 34.9 Å². The third-order valence-electron chi connectivity index (χ3n) is 4.26. The molecular weight excluding hydrogens is 412 g/mol. The monoisotopic (exact) mass is 440 g/mol. The molecule has 0 fully saturated rings. The highest BCUT2D eigenvalue weighted by molar-refractivity contribution is 7.80. The van der Waals surface area contributed by atoms with Crippen LogP contribution in [0.3, 0.4) is 0 Å². The van der Waals surface area contributed by atoms with E-state index in [4.69, 9.17) is 38.0 Å². The zero-order chi connectivity index (χ0) is 21.4. The molecular formula is C21H29ClN2O4S. The van der Waals surface area contributed by atoms with Gasteiger partial charge < -0.3 is 24.8 Å². The first kappa shape index (κ1) is 23.3. The second-order valence-corrected chi connectivity index (χ2v) is 7.32. The molecule has 2 rings (SSSR count). The summed E-state index contributed by atoms with van der Waals surface area (Å²) in [5.74, 6) is 0.657. The molecule has 0 saturated carbocycles. The molecule has 1 aromatic rings. The van der Waals surface area contributed by atoms with Gasteiger partial charge in [-0.3, -0.25) is 0 Å². The fraction of sp³-hybridized carbons (Fsp3) is 0.524. The first-order chi connectivity index (χ1) is 14.0. The normalized spacial score (nSPS) is 16.2. The van der Waals surface area contributed by atoms with E-state index in [1.54, 1.807) is 13.0 Å². The summed E-state index contributed by atoms with van der Waals surface area (Å²) in [4.78, 5) is 12.8. The zero-order valence-corrected chi connectivity index (χ0v) is 19.0. The highest BCUT2D eigenvalue weighted by Crippen LogP contribution is 2.40. The van der Waals surface area contributed by atoms with Gasteiger partial charge >= 0.3 is 5.97 Å². The molecule has 6 nitrogen and oxygen atoms in total. The van der Waals surface area contributed by atoms with Crippen molar-refractivity contribution in [1.82, 2.24) is 10.6 Å². The number of thiocarbonyl (C=S) groups is 1. The number of hydrogen-bond donors (Lipinski definition) is 2. The standard InChI is InChI=1S/C21H29ClN2O4S/c1-5-9-15-17(20(25)27-8-4)18(24-21(29)23-15)13-11-14(22)19(28-10-6-2)16(12-13)26-7-3/h11-12,18H,5-10H2,1-4H3,(H2,23,24,29). The van der Waals surface area contributed by atoms with E-state index in [0.717, 1.165) is 24.1 Å². The molecule has 1 aromatic carbocycles. The maximum absolute atomic E-state index is 12.8. The van der Waals surface area contributed by atoms with E-state index in [9.17, 15) is 4.79 Å². The van der Waals surface area contributed by atoms with Crippen LogP contribution in [0.1, 0.15) is 58.6 Å². The Morgan fingerprint density at radius 3 is 2.52 bits per heavy atom. The Morgan fingerprint density at radius 1 is 1.14 bits per heavy atom. The number of carbonyl (C=O) groups is 1. The minimum atomic E-state index is -0.499. The van der Waals surface area contributed by atoms with Crippen LogP contribution in [0, 0.1) is 0 Å². The first-order valence-electron chi connectivity index (χ1n) is 10.0. The van der Waals surface area contributed by atoms with Crippen LogP contribution >= 0.6 is 23.8 Å². The molecule has 160 valence electrons. The van der Waals surface area contributed by atoms with Gasteiger partial charge in [0.15, 0.2) is 16.6 Å². The van der Waals surface area contributed by atoms with Crippen molar-refractivity contribution in [2.75, 3.05) is 19.8 Å². The van der Waals surface area contributed by atoms with Crippen LogP contribution in [-0.4, -0.2) is 30.9 Å². The maximum atomic E-state index is 12.8. The molecule has 29 heavy (non-hydrogen) atoms. The largest absolute Gasteiger partial charge is 0.490 e. The second kappa shape index (κ2) is 11.3. The lowest BCUT2D eigenvalue weighted by Crippen LogP contribution is -2.45. The van der Waals surface area contributed by atoms with Crippen molar-refractivity contribution in [3.63, 3.8) is 0 Å². The Morgan fingerprint density at radius 2 is 1.90 bits per heavy atom. The Kier molecular flexibility index (Phi) is 9.04. The third kappa shape index (κ3) is 5.76. The van der Waals surface area contributed by atoms with Gasteiger partial charge in [0.1, 0.15) is 0 Å². The number of hydrogen-bond acceptors (Lipinski definition) is 5. The molecule has 0 aliphatic carbocycles. The fourth-order valence-corrected chi connectivity index (χ4v) is 3.64. The molecule has 1 heterocycles. The highest BCUT2D eigenvalue weighted by Gasteiger charge is 2.33. The van der Waals surface area contributed by atoms with Gasteiger partial charge in [0.25, 0.3) is 0 Å². The summed E-state index contributed by atoms with van der Waals surface area (Å²) in [6.45, 7) is 9.02.